The highest BCUT2D eigenvalue weighted by molar-refractivity contribution is 7.22. The molecule has 0 saturated heterocycles. The molecule has 7 nitrogen and oxygen atoms in total. The van der Waals surface area contributed by atoms with E-state index in [-0.39, 0.29) is 29.8 Å². The summed E-state index contributed by atoms with van der Waals surface area (Å²) < 4.78 is 40.8. The van der Waals surface area contributed by atoms with Crippen LogP contribution in [-0.2, 0) is 4.79 Å². The molecule has 1 heterocycles. The number of ether oxygens (including phenoxy) is 1. The molecule has 3 N–H and O–H groups in total. The predicted molar refractivity (Wildman–Crippen MR) is 80.2 cm³/mol. The first-order chi connectivity index (χ1) is 11.2. The number of hydrogen-bond acceptors (Lipinski definition) is 5. The van der Waals surface area contributed by atoms with Crippen molar-refractivity contribution in [3.63, 3.8) is 0 Å². The number of carbonyl (C=O) groups is 2. The highest BCUT2D eigenvalue weighted by atomic mass is 32.1. The van der Waals surface area contributed by atoms with Crippen LogP contribution >= 0.6 is 11.3 Å². The molecular formula is C13H12F3N3O4S. The number of aromatic nitrogens is 1. The zero-order valence-corrected chi connectivity index (χ0v) is 12.8. The maximum absolute atomic E-state index is 12.2. The maximum atomic E-state index is 12.2. The Morgan fingerprint density at radius 2 is 2.08 bits per heavy atom. The molecule has 0 bridgehead atoms. The molecule has 0 atom stereocenters. The van der Waals surface area contributed by atoms with E-state index in [1.807, 2.05) is 0 Å². The zero-order valence-electron chi connectivity index (χ0n) is 12.0. The number of thiazole rings is 1. The van der Waals surface area contributed by atoms with Gasteiger partial charge in [0.1, 0.15) is 5.75 Å². The Morgan fingerprint density at radius 3 is 2.75 bits per heavy atom. The molecule has 11 heteroatoms. The molecular weight excluding hydrogens is 351 g/mol. The summed E-state index contributed by atoms with van der Waals surface area (Å²) in [7, 11) is 0. The summed E-state index contributed by atoms with van der Waals surface area (Å²) in [5.74, 6) is -0.732. The Bertz CT molecular complexity index is 748. The molecule has 0 unspecified atom stereocenters. The average molecular weight is 363 g/mol. The molecule has 1 aromatic carbocycles. The third-order valence-corrected chi connectivity index (χ3v) is 3.63. The first kappa shape index (κ1) is 17.8. The Balaban J connectivity index is 1.95. The largest absolute Gasteiger partial charge is 0.573 e. The SMILES string of the molecule is O=C(O)NCCCC(=O)Nc1nc2ccc(OC(F)(F)F)cc2s1. The molecule has 1 aromatic heterocycles. The number of anilines is 1. The Hall–Kier alpha value is -2.56. The van der Waals surface area contributed by atoms with Gasteiger partial charge in [0.25, 0.3) is 0 Å². The Labute approximate surface area is 137 Å². The van der Waals surface area contributed by atoms with E-state index in [4.69, 9.17) is 5.11 Å². The number of fused-ring (bicyclic) bond motifs is 1. The van der Waals surface area contributed by atoms with Gasteiger partial charge < -0.3 is 20.5 Å². The molecule has 0 fully saturated rings. The Kier molecular flexibility index (Phi) is 5.44. The third-order valence-electron chi connectivity index (χ3n) is 2.70. The minimum atomic E-state index is -4.78. The van der Waals surface area contributed by atoms with E-state index in [0.717, 1.165) is 17.4 Å². The van der Waals surface area contributed by atoms with Crippen molar-refractivity contribution >= 4 is 38.7 Å². The van der Waals surface area contributed by atoms with Crippen LogP contribution in [0.3, 0.4) is 0 Å². The van der Waals surface area contributed by atoms with E-state index in [1.54, 1.807) is 0 Å². The fourth-order valence-electron chi connectivity index (χ4n) is 1.78. The lowest BCUT2D eigenvalue weighted by atomic mass is 10.3. The van der Waals surface area contributed by atoms with Crippen LogP contribution in [0.5, 0.6) is 5.75 Å². The van der Waals surface area contributed by atoms with Gasteiger partial charge in [0.15, 0.2) is 5.13 Å². The molecule has 130 valence electrons. The summed E-state index contributed by atoms with van der Waals surface area (Å²) in [6.45, 7) is 0.140. The first-order valence-electron chi connectivity index (χ1n) is 6.66. The summed E-state index contributed by atoms with van der Waals surface area (Å²) in [6.07, 6.45) is -5.55. The van der Waals surface area contributed by atoms with Crippen molar-refractivity contribution in [3.05, 3.63) is 18.2 Å². The van der Waals surface area contributed by atoms with E-state index in [9.17, 15) is 22.8 Å². The molecule has 2 amide bonds. The lowest BCUT2D eigenvalue weighted by Crippen LogP contribution is -2.23. The standard InChI is InChI=1S/C13H12F3N3O4S/c14-13(15,16)23-7-3-4-8-9(6-7)24-11(18-8)19-10(20)2-1-5-17-12(21)22/h3-4,6,17H,1-2,5H2,(H,21,22)(H,18,19,20). The lowest BCUT2D eigenvalue weighted by Gasteiger charge is -2.07. The van der Waals surface area contributed by atoms with Gasteiger partial charge in [-0.2, -0.15) is 0 Å². The number of carboxylic acid groups (broad SMARTS) is 1. The van der Waals surface area contributed by atoms with Crippen LogP contribution in [0.15, 0.2) is 18.2 Å². The van der Waals surface area contributed by atoms with Gasteiger partial charge in [-0.15, -0.1) is 13.2 Å². The number of carbonyl (C=O) groups excluding carboxylic acids is 1. The highest BCUT2D eigenvalue weighted by Gasteiger charge is 2.31. The van der Waals surface area contributed by atoms with Gasteiger partial charge in [-0.3, -0.25) is 4.79 Å². The fourth-order valence-corrected chi connectivity index (χ4v) is 2.69. The van der Waals surface area contributed by atoms with Gasteiger partial charge in [-0.05, 0) is 18.6 Å². The van der Waals surface area contributed by atoms with Gasteiger partial charge in [-0.25, -0.2) is 9.78 Å². The van der Waals surface area contributed by atoms with Crippen LogP contribution in [0.4, 0.5) is 23.1 Å². The average Bonchev–Trinajstić information content (AvgIpc) is 2.83. The number of halogens is 3. The number of amides is 2. The smallest absolute Gasteiger partial charge is 0.465 e. The predicted octanol–water partition coefficient (Wildman–Crippen LogP) is 3.18. The quantitative estimate of drug-likeness (QED) is 0.685. The van der Waals surface area contributed by atoms with E-state index < -0.39 is 12.5 Å². The number of rotatable bonds is 6. The van der Waals surface area contributed by atoms with E-state index in [0.29, 0.717) is 16.6 Å². The van der Waals surface area contributed by atoms with E-state index in [2.05, 4.69) is 20.4 Å². The van der Waals surface area contributed by atoms with Crippen molar-refractivity contribution in [1.82, 2.24) is 10.3 Å². The maximum Gasteiger partial charge on any atom is 0.573 e. The fraction of sp³-hybridized carbons (Fsp3) is 0.308. The van der Waals surface area contributed by atoms with Crippen LogP contribution in [0, 0.1) is 0 Å². The summed E-state index contributed by atoms with van der Waals surface area (Å²) in [6, 6.07) is 3.69. The van der Waals surface area contributed by atoms with Crippen LogP contribution in [0.2, 0.25) is 0 Å². The van der Waals surface area contributed by atoms with E-state index >= 15 is 0 Å². The number of nitrogens with zero attached hydrogens (tertiary/aromatic N) is 1. The number of alkyl halides is 3. The normalized spacial score (nSPS) is 11.3. The van der Waals surface area contributed by atoms with Gasteiger partial charge in [0.05, 0.1) is 10.2 Å². The first-order valence-corrected chi connectivity index (χ1v) is 7.47. The number of benzene rings is 1. The second kappa shape index (κ2) is 7.34. The highest BCUT2D eigenvalue weighted by Crippen LogP contribution is 2.31. The molecule has 2 aromatic rings. The minimum absolute atomic E-state index is 0.0820. The molecule has 0 aliphatic rings. The molecule has 2 rings (SSSR count). The molecule has 0 aliphatic heterocycles. The van der Waals surface area contributed by atoms with Crippen molar-refractivity contribution < 1.29 is 32.6 Å². The second-order valence-corrected chi connectivity index (χ2v) is 5.61. The molecule has 0 spiro atoms. The minimum Gasteiger partial charge on any atom is -0.465 e. The molecule has 0 aliphatic carbocycles. The monoisotopic (exact) mass is 363 g/mol. The van der Waals surface area contributed by atoms with E-state index in [1.165, 1.54) is 12.1 Å². The van der Waals surface area contributed by atoms with Crippen LogP contribution in [-0.4, -0.2) is 35.0 Å². The van der Waals surface area contributed by atoms with Gasteiger partial charge >= 0.3 is 12.5 Å². The summed E-state index contributed by atoms with van der Waals surface area (Å²) in [5, 5.41) is 13.3. The van der Waals surface area contributed by atoms with Crippen molar-refractivity contribution in [3.8, 4) is 5.75 Å². The second-order valence-electron chi connectivity index (χ2n) is 4.58. The zero-order chi connectivity index (χ0) is 17.7. The van der Waals surface area contributed by atoms with Crippen molar-refractivity contribution in [2.24, 2.45) is 0 Å². The van der Waals surface area contributed by atoms with Crippen molar-refractivity contribution in [2.45, 2.75) is 19.2 Å². The topological polar surface area (TPSA) is 101 Å². The molecule has 0 saturated carbocycles. The lowest BCUT2D eigenvalue weighted by molar-refractivity contribution is -0.274. The van der Waals surface area contributed by atoms with Gasteiger partial charge in [-0.1, -0.05) is 11.3 Å². The molecule has 24 heavy (non-hydrogen) atoms. The van der Waals surface area contributed by atoms with Gasteiger partial charge in [0, 0.05) is 19.0 Å². The van der Waals surface area contributed by atoms with Gasteiger partial charge in [0.2, 0.25) is 5.91 Å². The number of nitrogens with one attached hydrogen (secondary N) is 2. The summed E-state index contributed by atoms with van der Waals surface area (Å²) >= 11 is 1.01. The third kappa shape index (κ3) is 5.57. The summed E-state index contributed by atoms with van der Waals surface area (Å²) in [5.41, 5.74) is 0.428. The number of hydrogen-bond donors (Lipinski definition) is 3. The van der Waals surface area contributed by atoms with Crippen LogP contribution < -0.4 is 15.4 Å². The van der Waals surface area contributed by atoms with Crippen molar-refractivity contribution in [2.75, 3.05) is 11.9 Å². The Morgan fingerprint density at radius 1 is 1.33 bits per heavy atom. The van der Waals surface area contributed by atoms with Crippen LogP contribution in [0.25, 0.3) is 10.2 Å². The van der Waals surface area contributed by atoms with Crippen LogP contribution in [0.1, 0.15) is 12.8 Å². The molecule has 0 radical (unpaired) electrons. The van der Waals surface area contributed by atoms with Crippen molar-refractivity contribution in [1.29, 1.82) is 0 Å². The summed E-state index contributed by atoms with van der Waals surface area (Å²) in [4.78, 5) is 26.0.